The van der Waals surface area contributed by atoms with Crippen molar-refractivity contribution in [1.29, 1.82) is 0 Å². The standard InChI is InChI=1S/C19H24N2O4/c1-12-7-9-21(10-8-12)17-16(18(22)20(2)19(17)23)13-5-6-14(24-3)15(11-13)25-4/h5-6,11-12H,7-10H2,1-4H3. The maximum Gasteiger partial charge on any atom is 0.277 e. The van der Waals surface area contributed by atoms with E-state index >= 15 is 0 Å². The quantitative estimate of drug-likeness (QED) is 0.783. The fourth-order valence-corrected chi connectivity index (χ4v) is 3.40. The molecule has 0 unspecified atom stereocenters. The van der Waals surface area contributed by atoms with Crippen LogP contribution in [0.25, 0.3) is 5.57 Å². The first-order valence-corrected chi connectivity index (χ1v) is 8.52. The average molecular weight is 344 g/mol. The van der Waals surface area contributed by atoms with Gasteiger partial charge in [-0.25, -0.2) is 0 Å². The Kier molecular flexibility index (Phi) is 4.70. The minimum atomic E-state index is -0.272. The topological polar surface area (TPSA) is 59.1 Å². The van der Waals surface area contributed by atoms with Gasteiger partial charge in [0.05, 0.1) is 19.8 Å². The molecule has 2 aliphatic rings. The smallest absolute Gasteiger partial charge is 0.277 e. The van der Waals surface area contributed by atoms with Gasteiger partial charge < -0.3 is 14.4 Å². The fraction of sp³-hybridized carbons (Fsp3) is 0.474. The molecule has 0 bridgehead atoms. The Bertz CT molecular complexity index is 733. The van der Waals surface area contributed by atoms with Crippen LogP contribution < -0.4 is 9.47 Å². The van der Waals surface area contributed by atoms with Gasteiger partial charge in [0.25, 0.3) is 11.8 Å². The Morgan fingerprint density at radius 2 is 1.64 bits per heavy atom. The van der Waals surface area contributed by atoms with E-state index < -0.39 is 0 Å². The maximum absolute atomic E-state index is 12.7. The summed E-state index contributed by atoms with van der Waals surface area (Å²) in [4.78, 5) is 28.7. The predicted molar refractivity (Wildman–Crippen MR) is 94.2 cm³/mol. The zero-order chi connectivity index (χ0) is 18.1. The number of amides is 2. The highest BCUT2D eigenvalue weighted by atomic mass is 16.5. The van der Waals surface area contributed by atoms with Crippen molar-refractivity contribution in [2.24, 2.45) is 5.92 Å². The van der Waals surface area contributed by atoms with Crippen LogP contribution in [0.3, 0.4) is 0 Å². The van der Waals surface area contributed by atoms with Crippen molar-refractivity contribution in [3.05, 3.63) is 29.5 Å². The van der Waals surface area contributed by atoms with Gasteiger partial charge in [0.2, 0.25) is 0 Å². The number of piperidine rings is 1. The highest BCUT2D eigenvalue weighted by Crippen LogP contribution is 2.36. The molecule has 2 amide bonds. The third kappa shape index (κ3) is 2.97. The Hall–Kier alpha value is -2.50. The molecular weight excluding hydrogens is 320 g/mol. The van der Waals surface area contributed by atoms with Crippen molar-refractivity contribution >= 4 is 17.4 Å². The van der Waals surface area contributed by atoms with Crippen LogP contribution in [0.4, 0.5) is 0 Å². The molecule has 1 aromatic rings. The average Bonchev–Trinajstić information content (AvgIpc) is 2.86. The second kappa shape index (κ2) is 6.78. The lowest BCUT2D eigenvalue weighted by molar-refractivity contribution is -0.136. The summed E-state index contributed by atoms with van der Waals surface area (Å²) in [5, 5.41) is 0. The third-order valence-corrected chi connectivity index (χ3v) is 5.03. The highest BCUT2D eigenvalue weighted by molar-refractivity contribution is 6.35. The van der Waals surface area contributed by atoms with E-state index in [0.717, 1.165) is 25.9 Å². The summed E-state index contributed by atoms with van der Waals surface area (Å²) in [6.07, 6.45) is 2.04. The van der Waals surface area contributed by atoms with E-state index in [1.807, 2.05) is 0 Å². The van der Waals surface area contributed by atoms with Gasteiger partial charge in [0.1, 0.15) is 5.70 Å². The zero-order valence-electron chi connectivity index (χ0n) is 15.2. The number of benzene rings is 1. The molecule has 3 rings (SSSR count). The van der Waals surface area contributed by atoms with Crippen molar-refractivity contribution in [2.45, 2.75) is 19.8 Å². The van der Waals surface area contributed by atoms with E-state index in [4.69, 9.17) is 9.47 Å². The van der Waals surface area contributed by atoms with Crippen LogP contribution in [0.15, 0.2) is 23.9 Å². The van der Waals surface area contributed by atoms with Crippen LogP contribution >= 0.6 is 0 Å². The third-order valence-electron chi connectivity index (χ3n) is 5.03. The Morgan fingerprint density at radius 3 is 2.24 bits per heavy atom. The summed E-state index contributed by atoms with van der Waals surface area (Å²) in [5.74, 6) is 1.26. The normalized spacial score (nSPS) is 19.0. The Balaban J connectivity index is 2.08. The molecule has 134 valence electrons. The van der Waals surface area contributed by atoms with Crippen molar-refractivity contribution in [1.82, 2.24) is 9.80 Å². The van der Waals surface area contributed by atoms with Gasteiger partial charge in [-0.3, -0.25) is 14.5 Å². The second-order valence-corrected chi connectivity index (χ2v) is 6.63. The first-order valence-electron chi connectivity index (χ1n) is 8.52. The van der Waals surface area contributed by atoms with Gasteiger partial charge in [0.15, 0.2) is 11.5 Å². The van der Waals surface area contributed by atoms with E-state index in [-0.39, 0.29) is 11.8 Å². The van der Waals surface area contributed by atoms with Gasteiger partial charge in [-0.05, 0) is 36.5 Å². The number of likely N-dealkylation sites (tertiary alicyclic amines) is 1. The van der Waals surface area contributed by atoms with Crippen LogP contribution in [0.2, 0.25) is 0 Å². The number of methoxy groups -OCH3 is 2. The molecule has 0 spiro atoms. The number of likely N-dealkylation sites (N-methyl/N-ethyl adjacent to an activating group) is 1. The van der Waals surface area contributed by atoms with Gasteiger partial charge in [0, 0.05) is 20.1 Å². The van der Waals surface area contributed by atoms with Crippen LogP contribution in [0.5, 0.6) is 11.5 Å². The van der Waals surface area contributed by atoms with Crippen molar-refractivity contribution < 1.29 is 19.1 Å². The monoisotopic (exact) mass is 344 g/mol. The lowest BCUT2D eigenvalue weighted by atomic mass is 9.97. The molecule has 2 heterocycles. The highest BCUT2D eigenvalue weighted by Gasteiger charge is 2.40. The minimum absolute atomic E-state index is 0.232. The fourth-order valence-electron chi connectivity index (χ4n) is 3.40. The summed E-state index contributed by atoms with van der Waals surface area (Å²) in [7, 11) is 4.65. The summed E-state index contributed by atoms with van der Waals surface area (Å²) in [5.41, 5.74) is 1.63. The zero-order valence-corrected chi connectivity index (χ0v) is 15.2. The largest absolute Gasteiger partial charge is 0.493 e. The number of carbonyl (C=O) groups is 2. The molecule has 2 aliphatic heterocycles. The number of nitrogens with zero attached hydrogens (tertiary/aromatic N) is 2. The molecule has 1 aromatic carbocycles. The number of imide groups is 1. The lowest BCUT2D eigenvalue weighted by Gasteiger charge is -2.32. The second-order valence-electron chi connectivity index (χ2n) is 6.63. The number of ether oxygens (including phenoxy) is 2. The van der Waals surface area contributed by atoms with E-state index in [1.54, 1.807) is 32.4 Å². The lowest BCUT2D eigenvalue weighted by Crippen LogP contribution is -2.37. The summed E-state index contributed by atoms with van der Waals surface area (Å²) >= 11 is 0. The molecule has 1 saturated heterocycles. The van der Waals surface area contributed by atoms with E-state index in [2.05, 4.69) is 11.8 Å². The molecule has 25 heavy (non-hydrogen) atoms. The van der Waals surface area contributed by atoms with E-state index in [0.29, 0.717) is 34.3 Å². The molecular formula is C19H24N2O4. The summed E-state index contributed by atoms with van der Waals surface area (Å²) in [6, 6.07) is 5.31. The van der Waals surface area contributed by atoms with Gasteiger partial charge in [-0.2, -0.15) is 0 Å². The van der Waals surface area contributed by atoms with Gasteiger partial charge in [-0.15, -0.1) is 0 Å². The molecule has 1 fully saturated rings. The van der Waals surface area contributed by atoms with Gasteiger partial charge in [-0.1, -0.05) is 13.0 Å². The predicted octanol–water partition coefficient (Wildman–Crippen LogP) is 2.15. The van der Waals surface area contributed by atoms with Crippen LogP contribution in [0.1, 0.15) is 25.3 Å². The number of rotatable bonds is 4. The summed E-state index contributed by atoms with van der Waals surface area (Å²) < 4.78 is 10.6. The molecule has 6 nitrogen and oxygen atoms in total. The SMILES string of the molecule is COc1ccc(C2=C(N3CCC(C)CC3)C(=O)N(C)C2=O)cc1OC. The molecule has 0 atom stereocenters. The Labute approximate surface area is 148 Å². The van der Waals surface area contributed by atoms with Crippen LogP contribution in [-0.4, -0.2) is 56.0 Å². The van der Waals surface area contributed by atoms with Crippen LogP contribution in [0, 0.1) is 5.92 Å². The molecule has 0 aromatic heterocycles. The number of hydrogen-bond donors (Lipinski definition) is 0. The first kappa shape index (κ1) is 17.3. The van der Waals surface area contributed by atoms with Crippen molar-refractivity contribution in [2.75, 3.05) is 34.4 Å². The van der Waals surface area contributed by atoms with Gasteiger partial charge >= 0.3 is 0 Å². The maximum atomic E-state index is 12.7. The van der Waals surface area contributed by atoms with Crippen molar-refractivity contribution in [3.8, 4) is 11.5 Å². The number of carbonyl (C=O) groups excluding carboxylic acids is 2. The number of hydrogen-bond acceptors (Lipinski definition) is 5. The van der Waals surface area contributed by atoms with Crippen LogP contribution in [-0.2, 0) is 9.59 Å². The molecule has 6 heteroatoms. The Morgan fingerprint density at radius 1 is 1.00 bits per heavy atom. The summed E-state index contributed by atoms with van der Waals surface area (Å²) in [6.45, 7) is 3.80. The molecule has 0 saturated carbocycles. The first-order chi connectivity index (χ1) is 12.0. The van der Waals surface area contributed by atoms with E-state index in [1.165, 1.54) is 11.9 Å². The molecule has 0 N–H and O–H groups in total. The van der Waals surface area contributed by atoms with E-state index in [9.17, 15) is 9.59 Å². The molecule has 0 radical (unpaired) electrons. The minimum Gasteiger partial charge on any atom is -0.493 e. The van der Waals surface area contributed by atoms with Crippen molar-refractivity contribution in [3.63, 3.8) is 0 Å². The molecule has 0 aliphatic carbocycles.